The van der Waals surface area contributed by atoms with Gasteiger partial charge in [-0.05, 0) is 61.4 Å². The van der Waals surface area contributed by atoms with Crippen LogP contribution < -0.4 is 16.6 Å². The Bertz CT molecular complexity index is 785. The van der Waals surface area contributed by atoms with Crippen LogP contribution in [0, 0.1) is 0 Å². The Hall–Kier alpha value is -1.83. The molecule has 0 saturated carbocycles. The summed E-state index contributed by atoms with van der Waals surface area (Å²) in [5, 5.41) is 3.16. The summed E-state index contributed by atoms with van der Waals surface area (Å²) in [6.45, 7) is 1.37. The van der Waals surface area contributed by atoms with Crippen molar-refractivity contribution in [2.24, 2.45) is 10.7 Å². The number of rotatable bonds is 6. The van der Waals surface area contributed by atoms with E-state index < -0.39 is 0 Å². The van der Waals surface area contributed by atoms with Crippen molar-refractivity contribution in [3.63, 3.8) is 0 Å². The Balaban J connectivity index is 0.00000225. The number of benzene rings is 1. The first-order valence-corrected chi connectivity index (χ1v) is 8.56. The van der Waals surface area contributed by atoms with Gasteiger partial charge in [0, 0.05) is 31.0 Å². The second kappa shape index (κ2) is 9.60. The Kier molecular flexibility index (Phi) is 7.49. The molecule has 1 heterocycles. The average Bonchev–Trinajstić information content (AvgIpc) is 3.04. The van der Waals surface area contributed by atoms with Crippen LogP contribution in [-0.2, 0) is 19.4 Å². The summed E-state index contributed by atoms with van der Waals surface area (Å²) in [4.78, 5) is 15.9. The van der Waals surface area contributed by atoms with Gasteiger partial charge in [0.25, 0.3) is 0 Å². The zero-order chi connectivity index (χ0) is 16.8. The lowest BCUT2D eigenvalue weighted by molar-refractivity contribution is 0.599. The third-order valence-corrected chi connectivity index (χ3v) is 4.36. The molecule has 3 N–H and O–H groups in total. The molecule has 0 amide bonds. The van der Waals surface area contributed by atoms with Gasteiger partial charge in [0.2, 0.25) is 5.56 Å². The fourth-order valence-corrected chi connectivity index (χ4v) is 3.08. The summed E-state index contributed by atoms with van der Waals surface area (Å²) in [6, 6.07) is 11.6. The zero-order valence-corrected chi connectivity index (χ0v) is 16.6. The molecule has 1 aromatic heterocycles. The number of fused-ring (bicyclic) bond motifs is 1. The van der Waals surface area contributed by atoms with Crippen LogP contribution in [-0.4, -0.2) is 17.1 Å². The molecule has 0 atom stereocenters. The largest absolute Gasteiger partial charge is 0.370 e. The van der Waals surface area contributed by atoms with Gasteiger partial charge in [-0.15, -0.1) is 24.0 Å². The van der Waals surface area contributed by atoms with E-state index in [4.69, 9.17) is 5.73 Å². The lowest BCUT2D eigenvalue weighted by Crippen LogP contribution is -2.23. The maximum atomic E-state index is 11.6. The molecular formula is C19H25IN4O. The zero-order valence-electron chi connectivity index (χ0n) is 14.3. The van der Waals surface area contributed by atoms with Crippen molar-refractivity contribution < 1.29 is 0 Å². The van der Waals surface area contributed by atoms with Crippen molar-refractivity contribution in [1.82, 2.24) is 4.57 Å². The molecule has 1 aromatic carbocycles. The number of nitrogens with zero attached hydrogens (tertiary/aromatic N) is 2. The standard InChI is InChI=1S/C19H24N4O.HI/c20-19(22-17-10-9-15-6-5-7-16(15)14-17)21-11-2-4-13-23-12-3-1-8-18(23)24;/h1,3,8-10,12,14H,2,4-7,11,13H2,(H3,20,21,22);1H. The van der Waals surface area contributed by atoms with E-state index in [-0.39, 0.29) is 29.5 Å². The van der Waals surface area contributed by atoms with Crippen molar-refractivity contribution in [2.75, 3.05) is 11.9 Å². The molecule has 3 rings (SSSR count). The molecule has 0 fully saturated rings. The van der Waals surface area contributed by atoms with Crippen LogP contribution in [0.4, 0.5) is 5.69 Å². The highest BCUT2D eigenvalue weighted by Gasteiger charge is 2.10. The summed E-state index contributed by atoms with van der Waals surface area (Å²) in [7, 11) is 0. The molecule has 1 aliphatic rings. The number of aliphatic imine (C=N–C) groups is 1. The number of nitrogens with one attached hydrogen (secondary N) is 1. The molecule has 2 aromatic rings. The van der Waals surface area contributed by atoms with E-state index >= 15 is 0 Å². The second-order valence-corrected chi connectivity index (χ2v) is 6.17. The summed E-state index contributed by atoms with van der Waals surface area (Å²) < 4.78 is 1.72. The number of unbranched alkanes of at least 4 members (excludes halogenated alkanes) is 1. The maximum absolute atomic E-state index is 11.6. The summed E-state index contributed by atoms with van der Waals surface area (Å²) >= 11 is 0. The minimum absolute atomic E-state index is 0. The molecule has 1 aliphatic carbocycles. The van der Waals surface area contributed by atoms with E-state index in [2.05, 4.69) is 28.5 Å². The molecule has 5 nitrogen and oxygen atoms in total. The van der Waals surface area contributed by atoms with Gasteiger partial charge in [0.05, 0.1) is 0 Å². The highest BCUT2D eigenvalue weighted by Crippen LogP contribution is 2.24. The number of nitrogens with two attached hydrogens (primary N) is 1. The highest BCUT2D eigenvalue weighted by atomic mass is 127. The number of aryl methyl sites for hydroxylation is 3. The first kappa shape index (κ1) is 19.5. The predicted octanol–water partition coefficient (Wildman–Crippen LogP) is 3.16. The molecule has 0 bridgehead atoms. The maximum Gasteiger partial charge on any atom is 0.250 e. The fraction of sp³-hybridized carbons (Fsp3) is 0.368. The van der Waals surface area contributed by atoms with E-state index in [0.717, 1.165) is 24.9 Å². The van der Waals surface area contributed by atoms with E-state index in [9.17, 15) is 4.79 Å². The van der Waals surface area contributed by atoms with Gasteiger partial charge in [-0.3, -0.25) is 9.79 Å². The first-order chi connectivity index (χ1) is 11.7. The molecule has 6 heteroatoms. The number of pyridine rings is 1. The second-order valence-electron chi connectivity index (χ2n) is 6.17. The van der Waals surface area contributed by atoms with E-state index in [1.165, 1.54) is 24.0 Å². The number of guanidine groups is 1. The number of hydrogen-bond acceptors (Lipinski definition) is 2. The average molecular weight is 452 g/mol. The summed E-state index contributed by atoms with van der Waals surface area (Å²) in [6.07, 6.45) is 7.19. The van der Waals surface area contributed by atoms with Crippen molar-refractivity contribution in [1.29, 1.82) is 0 Å². The lowest BCUT2D eigenvalue weighted by atomic mass is 10.1. The fourth-order valence-electron chi connectivity index (χ4n) is 3.08. The topological polar surface area (TPSA) is 72.4 Å². The minimum Gasteiger partial charge on any atom is -0.370 e. The summed E-state index contributed by atoms with van der Waals surface area (Å²) in [5.74, 6) is 0.449. The van der Waals surface area contributed by atoms with Crippen LogP contribution in [0.3, 0.4) is 0 Å². The minimum atomic E-state index is 0. The Morgan fingerprint density at radius 3 is 2.84 bits per heavy atom. The lowest BCUT2D eigenvalue weighted by Gasteiger charge is -2.08. The third-order valence-electron chi connectivity index (χ3n) is 4.36. The number of halogens is 1. The van der Waals surface area contributed by atoms with Crippen LogP contribution in [0.15, 0.2) is 52.4 Å². The third kappa shape index (κ3) is 5.59. The van der Waals surface area contributed by atoms with Gasteiger partial charge in [0.15, 0.2) is 5.96 Å². The molecule has 0 unspecified atom stereocenters. The molecule has 0 aliphatic heterocycles. The van der Waals surface area contributed by atoms with Crippen LogP contribution in [0.2, 0.25) is 0 Å². The van der Waals surface area contributed by atoms with Crippen molar-refractivity contribution in [3.05, 3.63) is 64.1 Å². The molecule has 134 valence electrons. The molecule has 0 spiro atoms. The Morgan fingerprint density at radius 2 is 2.00 bits per heavy atom. The number of aromatic nitrogens is 1. The van der Waals surface area contributed by atoms with Gasteiger partial charge in [-0.2, -0.15) is 0 Å². The van der Waals surface area contributed by atoms with Crippen LogP contribution in [0.5, 0.6) is 0 Å². The molecular weight excluding hydrogens is 427 g/mol. The van der Waals surface area contributed by atoms with Gasteiger partial charge < -0.3 is 15.6 Å². The SMILES string of the molecule is I.NC(=NCCCCn1ccccc1=O)Nc1ccc2c(c1)CCC2. The highest BCUT2D eigenvalue weighted by molar-refractivity contribution is 14.0. The Morgan fingerprint density at radius 1 is 1.16 bits per heavy atom. The summed E-state index contributed by atoms with van der Waals surface area (Å²) in [5.41, 5.74) is 9.87. The van der Waals surface area contributed by atoms with Crippen LogP contribution in [0.25, 0.3) is 0 Å². The first-order valence-electron chi connectivity index (χ1n) is 8.56. The van der Waals surface area contributed by atoms with Crippen molar-refractivity contribution >= 4 is 35.6 Å². The monoisotopic (exact) mass is 452 g/mol. The van der Waals surface area contributed by atoms with Crippen molar-refractivity contribution in [2.45, 2.75) is 38.6 Å². The van der Waals surface area contributed by atoms with E-state index in [1.807, 2.05) is 12.3 Å². The van der Waals surface area contributed by atoms with Gasteiger partial charge in [-0.25, -0.2) is 0 Å². The normalized spacial score (nSPS) is 13.2. The molecule has 25 heavy (non-hydrogen) atoms. The van der Waals surface area contributed by atoms with Crippen LogP contribution >= 0.6 is 24.0 Å². The van der Waals surface area contributed by atoms with E-state index in [0.29, 0.717) is 19.0 Å². The van der Waals surface area contributed by atoms with Crippen molar-refractivity contribution in [3.8, 4) is 0 Å². The number of hydrogen-bond donors (Lipinski definition) is 2. The molecule has 0 radical (unpaired) electrons. The van der Waals surface area contributed by atoms with Gasteiger partial charge in [-0.1, -0.05) is 12.1 Å². The number of anilines is 1. The molecule has 0 saturated heterocycles. The van der Waals surface area contributed by atoms with E-state index in [1.54, 1.807) is 16.7 Å². The Labute approximate surface area is 165 Å². The smallest absolute Gasteiger partial charge is 0.250 e. The van der Waals surface area contributed by atoms with Gasteiger partial charge in [0.1, 0.15) is 0 Å². The predicted molar refractivity (Wildman–Crippen MR) is 114 cm³/mol. The van der Waals surface area contributed by atoms with Crippen LogP contribution in [0.1, 0.15) is 30.4 Å². The van der Waals surface area contributed by atoms with Gasteiger partial charge >= 0.3 is 0 Å². The quantitative estimate of drug-likeness (QED) is 0.306.